The van der Waals surface area contributed by atoms with E-state index in [2.05, 4.69) is 10.2 Å². The average Bonchev–Trinajstić information content (AvgIpc) is 2.15. The van der Waals surface area contributed by atoms with Gasteiger partial charge in [-0.1, -0.05) is 0 Å². The smallest absolute Gasteiger partial charge is 0.312 e. The zero-order valence-corrected chi connectivity index (χ0v) is 9.52. The molecule has 0 aromatic carbocycles. The van der Waals surface area contributed by atoms with Gasteiger partial charge in [-0.25, -0.2) is 0 Å². The van der Waals surface area contributed by atoms with Crippen molar-refractivity contribution in [1.82, 2.24) is 10.2 Å². The molecule has 0 amide bonds. The molecule has 0 atom stereocenters. The van der Waals surface area contributed by atoms with Gasteiger partial charge in [0.2, 0.25) is 0 Å². The van der Waals surface area contributed by atoms with Gasteiger partial charge in [-0.05, 0) is 26.8 Å². The van der Waals surface area contributed by atoms with Gasteiger partial charge in [0.1, 0.15) is 11.7 Å². The lowest BCUT2D eigenvalue weighted by atomic mass is 10.1. The van der Waals surface area contributed by atoms with Crippen LogP contribution in [0.15, 0.2) is 12.3 Å². The van der Waals surface area contributed by atoms with Gasteiger partial charge < -0.3 is 4.74 Å². The molecular weight excluding hydrogens is 206 g/mol. The first-order valence-electron chi connectivity index (χ1n) is 4.85. The lowest BCUT2D eigenvalue weighted by Gasteiger charge is -2.19. The van der Waals surface area contributed by atoms with Crippen molar-refractivity contribution in [1.29, 1.82) is 5.26 Å². The van der Waals surface area contributed by atoms with Crippen molar-refractivity contribution in [2.45, 2.75) is 32.8 Å². The molecule has 0 bridgehead atoms. The Morgan fingerprint density at radius 3 is 2.81 bits per heavy atom. The van der Waals surface area contributed by atoms with Crippen LogP contribution >= 0.6 is 0 Å². The Morgan fingerprint density at radius 1 is 1.56 bits per heavy atom. The maximum Gasteiger partial charge on any atom is 0.312 e. The molecule has 84 valence electrons. The van der Waals surface area contributed by atoms with E-state index in [9.17, 15) is 4.79 Å². The zero-order valence-electron chi connectivity index (χ0n) is 9.52. The minimum absolute atomic E-state index is 0.0337. The molecular formula is C11H13N3O2. The second-order valence-electron chi connectivity index (χ2n) is 4.27. The van der Waals surface area contributed by atoms with Crippen molar-refractivity contribution < 1.29 is 9.53 Å². The molecule has 0 spiro atoms. The van der Waals surface area contributed by atoms with Crippen LogP contribution < -0.4 is 0 Å². The number of rotatable bonds is 2. The van der Waals surface area contributed by atoms with Crippen molar-refractivity contribution in [3.05, 3.63) is 23.5 Å². The number of carbonyl (C=O) groups excluding carboxylic acids is 1. The van der Waals surface area contributed by atoms with Gasteiger partial charge in [0, 0.05) is 0 Å². The summed E-state index contributed by atoms with van der Waals surface area (Å²) in [5, 5.41) is 16.2. The Labute approximate surface area is 94.1 Å². The number of nitriles is 1. The molecule has 0 aliphatic rings. The maximum atomic E-state index is 11.5. The van der Waals surface area contributed by atoms with Gasteiger partial charge in [0.25, 0.3) is 0 Å². The van der Waals surface area contributed by atoms with Crippen LogP contribution in [0.4, 0.5) is 0 Å². The van der Waals surface area contributed by atoms with Gasteiger partial charge in [-0.2, -0.15) is 15.5 Å². The van der Waals surface area contributed by atoms with E-state index in [0.717, 1.165) is 0 Å². The molecule has 0 unspecified atom stereocenters. The second kappa shape index (κ2) is 4.71. The van der Waals surface area contributed by atoms with Crippen molar-refractivity contribution >= 4 is 5.97 Å². The van der Waals surface area contributed by atoms with Crippen LogP contribution in [0.2, 0.25) is 0 Å². The van der Waals surface area contributed by atoms with Gasteiger partial charge in [-0.15, -0.1) is 0 Å². The van der Waals surface area contributed by atoms with Crippen molar-refractivity contribution in [3.8, 4) is 6.07 Å². The fraction of sp³-hybridized carbons (Fsp3) is 0.455. The molecule has 1 aromatic heterocycles. The lowest BCUT2D eigenvalue weighted by Crippen LogP contribution is -2.25. The molecule has 1 aromatic rings. The SMILES string of the molecule is CC(C)(C)OC(=O)Cc1nnccc1C#N. The van der Waals surface area contributed by atoms with Crippen LogP contribution in [0, 0.1) is 11.3 Å². The predicted molar refractivity (Wildman–Crippen MR) is 56.3 cm³/mol. The summed E-state index contributed by atoms with van der Waals surface area (Å²) < 4.78 is 5.13. The third-order valence-electron chi connectivity index (χ3n) is 1.65. The summed E-state index contributed by atoms with van der Waals surface area (Å²) in [5.74, 6) is -0.412. The molecule has 0 aliphatic carbocycles. The lowest BCUT2D eigenvalue weighted by molar-refractivity contribution is -0.154. The highest BCUT2D eigenvalue weighted by molar-refractivity contribution is 5.73. The Bertz CT molecular complexity index is 430. The summed E-state index contributed by atoms with van der Waals surface area (Å²) in [6.45, 7) is 5.35. The summed E-state index contributed by atoms with van der Waals surface area (Å²) in [4.78, 5) is 11.5. The molecule has 0 radical (unpaired) electrons. The second-order valence-corrected chi connectivity index (χ2v) is 4.27. The Hall–Kier alpha value is -1.96. The van der Waals surface area contributed by atoms with Gasteiger partial charge in [0.05, 0.1) is 23.9 Å². The standard InChI is InChI=1S/C11H13N3O2/c1-11(2,3)16-10(15)6-9-8(7-12)4-5-13-14-9/h4-5H,6H2,1-3H3. The van der Waals surface area contributed by atoms with Crippen LogP contribution in [-0.4, -0.2) is 21.8 Å². The summed E-state index contributed by atoms with van der Waals surface area (Å²) in [6, 6.07) is 3.47. The maximum absolute atomic E-state index is 11.5. The molecule has 0 N–H and O–H groups in total. The first-order valence-corrected chi connectivity index (χ1v) is 4.85. The number of ether oxygens (including phenoxy) is 1. The van der Waals surface area contributed by atoms with Crippen molar-refractivity contribution in [3.63, 3.8) is 0 Å². The molecule has 0 saturated carbocycles. The number of hydrogen-bond donors (Lipinski definition) is 0. The largest absolute Gasteiger partial charge is 0.460 e. The monoisotopic (exact) mass is 219 g/mol. The Kier molecular flexibility index (Phi) is 3.56. The van der Waals surface area contributed by atoms with Crippen LogP contribution in [0.25, 0.3) is 0 Å². The quantitative estimate of drug-likeness (QED) is 0.699. The van der Waals surface area contributed by atoms with E-state index in [1.807, 2.05) is 6.07 Å². The van der Waals surface area contributed by atoms with Crippen LogP contribution in [0.3, 0.4) is 0 Å². The molecule has 0 aliphatic heterocycles. The van der Waals surface area contributed by atoms with Crippen LogP contribution in [0.5, 0.6) is 0 Å². The first-order chi connectivity index (χ1) is 7.42. The topological polar surface area (TPSA) is 75.9 Å². The van der Waals surface area contributed by atoms with Crippen LogP contribution in [0.1, 0.15) is 32.0 Å². The molecule has 16 heavy (non-hydrogen) atoms. The van der Waals surface area contributed by atoms with E-state index >= 15 is 0 Å². The van der Waals surface area contributed by atoms with Gasteiger partial charge in [-0.3, -0.25) is 4.79 Å². The molecule has 5 nitrogen and oxygen atoms in total. The van der Waals surface area contributed by atoms with Crippen molar-refractivity contribution in [2.75, 3.05) is 0 Å². The number of hydrogen-bond acceptors (Lipinski definition) is 5. The van der Waals surface area contributed by atoms with Gasteiger partial charge in [0.15, 0.2) is 0 Å². The molecule has 0 fully saturated rings. The van der Waals surface area contributed by atoms with Crippen molar-refractivity contribution in [2.24, 2.45) is 0 Å². The highest BCUT2D eigenvalue weighted by Gasteiger charge is 2.18. The number of carbonyl (C=O) groups is 1. The van der Waals surface area contributed by atoms with E-state index < -0.39 is 11.6 Å². The highest BCUT2D eigenvalue weighted by atomic mass is 16.6. The first kappa shape index (κ1) is 12.1. The summed E-state index contributed by atoms with van der Waals surface area (Å²) in [7, 11) is 0. The molecule has 1 rings (SSSR count). The zero-order chi connectivity index (χ0) is 12.2. The predicted octanol–water partition coefficient (Wildman–Crippen LogP) is 1.23. The summed E-state index contributed by atoms with van der Waals surface area (Å²) >= 11 is 0. The number of esters is 1. The minimum Gasteiger partial charge on any atom is -0.460 e. The fourth-order valence-electron chi connectivity index (χ4n) is 1.11. The normalized spacial score (nSPS) is 10.6. The molecule has 1 heterocycles. The van der Waals surface area contributed by atoms with E-state index in [0.29, 0.717) is 11.3 Å². The average molecular weight is 219 g/mol. The molecule has 0 saturated heterocycles. The number of aromatic nitrogens is 2. The third kappa shape index (κ3) is 3.65. The Balaban J connectivity index is 2.75. The molecule has 5 heteroatoms. The summed E-state index contributed by atoms with van der Waals surface area (Å²) in [5.41, 5.74) is 0.159. The van der Waals surface area contributed by atoms with E-state index in [-0.39, 0.29) is 6.42 Å². The minimum atomic E-state index is -0.536. The van der Waals surface area contributed by atoms with Crippen LogP contribution in [-0.2, 0) is 16.0 Å². The highest BCUT2D eigenvalue weighted by Crippen LogP contribution is 2.10. The number of nitrogens with zero attached hydrogens (tertiary/aromatic N) is 3. The van der Waals surface area contributed by atoms with E-state index in [1.54, 1.807) is 20.8 Å². The fourth-order valence-corrected chi connectivity index (χ4v) is 1.11. The summed E-state index contributed by atoms with van der Waals surface area (Å²) in [6.07, 6.45) is 1.38. The van der Waals surface area contributed by atoms with E-state index in [1.165, 1.54) is 12.3 Å². The van der Waals surface area contributed by atoms with Gasteiger partial charge >= 0.3 is 5.97 Å². The van der Waals surface area contributed by atoms with E-state index in [4.69, 9.17) is 10.00 Å². The third-order valence-corrected chi connectivity index (χ3v) is 1.65. The Morgan fingerprint density at radius 2 is 2.25 bits per heavy atom.